The molecule has 53 heavy (non-hydrogen) atoms. The zero-order valence-corrected chi connectivity index (χ0v) is 28.9. The first-order valence-corrected chi connectivity index (χ1v) is 18.6. The molecule has 2 aromatic heterocycles. The zero-order chi connectivity index (χ0) is 35.5. The Morgan fingerprint density at radius 3 is 1.75 bits per heavy atom. The molecule has 0 aliphatic carbocycles. The van der Waals surface area contributed by atoms with Crippen molar-refractivity contribution in [3.05, 3.63) is 170 Å². The second-order valence-electron chi connectivity index (χ2n) is 12.9. The molecular weight excluding hydrogens is 677 g/mol. The van der Waals surface area contributed by atoms with Crippen LogP contribution in [0.3, 0.4) is 0 Å². The highest BCUT2D eigenvalue weighted by Crippen LogP contribution is 2.48. The Bertz CT molecular complexity index is 2910. The molecule has 0 saturated heterocycles. The van der Waals surface area contributed by atoms with E-state index in [0.29, 0.717) is 34.4 Å². The van der Waals surface area contributed by atoms with Gasteiger partial charge >= 0.3 is 0 Å². The van der Waals surface area contributed by atoms with Gasteiger partial charge in [0.1, 0.15) is 11.2 Å². The van der Waals surface area contributed by atoms with Gasteiger partial charge < -0.3 is 4.42 Å². The second-order valence-corrected chi connectivity index (χ2v) is 14.6. The Morgan fingerprint density at radius 2 is 1.04 bits per heavy atom. The number of hydrogen-bond acceptors (Lipinski definition) is 6. The number of hydrogen-bond donors (Lipinski definition) is 0. The summed E-state index contributed by atoms with van der Waals surface area (Å²) in [7, 11) is -3.84. The van der Waals surface area contributed by atoms with Crippen molar-refractivity contribution >= 4 is 43.3 Å². The number of rotatable bonds is 5. The predicted molar refractivity (Wildman–Crippen MR) is 210 cm³/mol. The van der Waals surface area contributed by atoms with Gasteiger partial charge in [0.05, 0.1) is 16.3 Å². The van der Waals surface area contributed by atoms with Crippen LogP contribution in [0.25, 0.3) is 78.4 Å². The van der Waals surface area contributed by atoms with Crippen LogP contribution in [0, 0.1) is 0 Å². The number of benzene rings is 7. The van der Waals surface area contributed by atoms with Crippen LogP contribution in [0.4, 0.5) is 11.4 Å². The standard InChI is InChI=1S/C45H28N4O3S/c50-53(51)41-22-11-10-19-34(41)36-27-31(23-25-38(36)49(53)33-17-8-3-9-18-33)32-24-26-39-37(28-32)42-35(20-12-21-40(42)52-39)45-47-43(29-13-4-1-5-14-29)46-44(48-45)30-15-6-2-7-16-30/h1-28H. The summed E-state index contributed by atoms with van der Waals surface area (Å²) < 4.78 is 35.9. The van der Waals surface area contributed by atoms with E-state index >= 15 is 0 Å². The van der Waals surface area contributed by atoms with Gasteiger partial charge in [0, 0.05) is 38.6 Å². The lowest BCUT2D eigenvalue weighted by atomic mass is 9.95. The Kier molecular flexibility index (Phi) is 7.06. The minimum atomic E-state index is -3.84. The topological polar surface area (TPSA) is 89.2 Å². The summed E-state index contributed by atoms with van der Waals surface area (Å²) in [5, 5.41) is 1.82. The average Bonchev–Trinajstić information content (AvgIpc) is 3.60. The molecule has 7 aromatic carbocycles. The smallest absolute Gasteiger partial charge is 0.269 e. The highest BCUT2D eigenvalue weighted by molar-refractivity contribution is 7.93. The molecule has 1 aliphatic heterocycles. The van der Waals surface area contributed by atoms with Crippen LogP contribution in [0.2, 0.25) is 0 Å². The number of aromatic nitrogens is 3. The van der Waals surface area contributed by atoms with Crippen molar-refractivity contribution in [3.8, 4) is 56.4 Å². The summed E-state index contributed by atoms with van der Waals surface area (Å²) in [6.07, 6.45) is 0. The molecule has 0 unspecified atom stereocenters. The Morgan fingerprint density at radius 1 is 0.453 bits per heavy atom. The fourth-order valence-electron chi connectivity index (χ4n) is 7.21. The molecule has 0 amide bonds. The summed E-state index contributed by atoms with van der Waals surface area (Å²) in [6, 6.07) is 54.3. The highest BCUT2D eigenvalue weighted by Gasteiger charge is 2.36. The fraction of sp³-hybridized carbons (Fsp3) is 0. The normalized spacial score (nSPS) is 13.2. The van der Waals surface area contributed by atoms with E-state index in [2.05, 4.69) is 12.1 Å². The summed E-state index contributed by atoms with van der Waals surface area (Å²) in [4.78, 5) is 15.2. The Balaban J connectivity index is 1.15. The third kappa shape index (κ3) is 5.11. The van der Waals surface area contributed by atoms with Crippen LogP contribution in [0.15, 0.2) is 179 Å². The maximum absolute atomic E-state index is 14.0. The summed E-state index contributed by atoms with van der Waals surface area (Å²) >= 11 is 0. The van der Waals surface area contributed by atoms with Crippen molar-refractivity contribution in [3.63, 3.8) is 0 Å². The minimum Gasteiger partial charge on any atom is -0.456 e. The number of sulfonamides is 1. The number of fused-ring (bicyclic) bond motifs is 6. The molecule has 0 bridgehead atoms. The Labute approximate surface area is 305 Å². The summed E-state index contributed by atoms with van der Waals surface area (Å²) in [5.41, 5.74) is 8.68. The van der Waals surface area contributed by atoms with Gasteiger partial charge in [0.15, 0.2) is 17.5 Å². The number of furan rings is 1. The quantitative estimate of drug-likeness (QED) is 0.177. The van der Waals surface area contributed by atoms with E-state index in [9.17, 15) is 8.42 Å². The van der Waals surface area contributed by atoms with Crippen molar-refractivity contribution in [1.82, 2.24) is 15.0 Å². The highest BCUT2D eigenvalue weighted by atomic mass is 32.2. The average molecular weight is 705 g/mol. The lowest BCUT2D eigenvalue weighted by molar-refractivity contribution is 0.596. The molecule has 252 valence electrons. The van der Waals surface area contributed by atoms with Gasteiger partial charge in [-0.05, 0) is 59.7 Å². The largest absolute Gasteiger partial charge is 0.456 e. The molecule has 0 N–H and O–H groups in total. The monoisotopic (exact) mass is 704 g/mol. The molecule has 0 radical (unpaired) electrons. The minimum absolute atomic E-state index is 0.275. The molecule has 0 fully saturated rings. The third-order valence-corrected chi connectivity index (χ3v) is 11.5. The number of para-hydroxylation sites is 1. The summed E-state index contributed by atoms with van der Waals surface area (Å²) in [6.45, 7) is 0. The van der Waals surface area contributed by atoms with Crippen LogP contribution >= 0.6 is 0 Å². The van der Waals surface area contributed by atoms with E-state index in [1.165, 1.54) is 4.31 Å². The number of nitrogens with zero attached hydrogens (tertiary/aromatic N) is 4. The lowest BCUT2D eigenvalue weighted by Crippen LogP contribution is -2.30. The molecule has 10 rings (SSSR count). The van der Waals surface area contributed by atoms with Crippen LogP contribution in [0.1, 0.15) is 0 Å². The molecule has 7 nitrogen and oxygen atoms in total. The van der Waals surface area contributed by atoms with E-state index in [4.69, 9.17) is 19.4 Å². The molecule has 1 aliphatic rings. The molecule has 9 aromatic rings. The van der Waals surface area contributed by atoms with Gasteiger partial charge in [-0.25, -0.2) is 27.7 Å². The summed E-state index contributed by atoms with van der Waals surface area (Å²) in [5.74, 6) is 1.71. The first kappa shape index (κ1) is 30.9. The third-order valence-electron chi connectivity index (χ3n) is 9.67. The van der Waals surface area contributed by atoms with E-state index in [1.54, 1.807) is 12.1 Å². The van der Waals surface area contributed by atoms with Crippen molar-refractivity contribution in [2.75, 3.05) is 4.31 Å². The molecular formula is C45H28N4O3S. The maximum atomic E-state index is 14.0. The molecule has 0 saturated carbocycles. The van der Waals surface area contributed by atoms with E-state index in [-0.39, 0.29) is 4.90 Å². The van der Waals surface area contributed by atoms with Crippen LogP contribution in [0.5, 0.6) is 0 Å². The van der Waals surface area contributed by atoms with Crippen molar-refractivity contribution in [2.24, 2.45) is 0 Å². The Hall–Kier alpha value is -6.90. The van der Waals surface area contributed by atoms with Crippen LogP contribution < -0.4 is 4.31 Å². The lowest BCUT2D eigenvalue weighted by Gasteiger charge is -2.32. The van der Waals surface area contributed by atoms with Crippen LogP contribution in [-0.2, 0) is 10.0 Å². The second kappa shape index (κ2) is 12.1. The maximum Gasteiger partial charge on any atom is 0.269 e. The molecule has 3 heterocycles. The van der Waals surface area contributed by atoms with Gasteiger partial charge in [-0.3, -0.25) is 0 Å². The molecule has 0 spiro atoms. The van der Waals surface area contributed by atoms with Gasteiger partial charge in [-0.1, -0.05) is 121 Å². The molecule has 0 atom stereocenters. The fourth-order valence-corrected chi connectivity index (χ4v) is 8.93. The first-order valence-electron chi connectivity index (χ1n) is 17.2. The predicted octanol–water partition coefficient (Wildman–Crippen LogP) is 10.9. The SMILES string of the molecule is O=S1(=O)c2ccccc2-c2cc(-c3ccc4oc5cccc(-c6nc(-c7ccccc7)nc(-c7ccccc7)n6)c5c4c3)ccc2N1c1ccccc1. The van der Waals surface area contributed by atoms with Crippen molar-refractivity contribution in [1.29, 1.82) is 0 Å². The first-order chi connectivity index (χ1) is 26.0. The van der Waals surface area contributed by atoms with Gasteiger partial charge in [-0.2, -0.15) is 0 Å². The molecule has 8 heteroatoms. The van der Waals surface area contributed by atoms with E-state index < -0.39 is 10.0 Å². The van der Waals surface area contributed by atoms with E-state index in [0.717, 1.165) is 55.3 Å². The van der Waals surface area contributed by atoms with Crippen molar-refractivity contribution < 1.29 is 12.8 Å². The van der Waals surface area contributed by atoms with Crippen LogP contribution in [-0.4, -0.2) is 23.4 Å². The zero-order valence-electron chi connectivity index (χ0n) is 28.1. The number of anilines is 2. The van der Waals surface area contributed by atoms with Gasteiger partial charge in [0.25, 0.3) is 10.0 Å². The van der Waals surface area contributed by atoms with E-state index in [1.807, 2.05) is 146 Å². The van der Waals surface area contributed by atoms with Crippen molar-refractivity contribution in [2.45, 2.75) is 4.90 Å². The van der Waals surface area contributed by atoms with Gasteiger partial charge in [-0.15, -0.1) is 0 Å². The van der Waals surface area contributed by atoms with Gasteiger partial charge in [0.2, 0.25) is 0 Å².